The van der Waals surface area contributed by atoms with E-state index in [2.05, 4.69) is 62.0 Å². The zero-order chi connectivity index (χ0) is 21.3. The number of benzene rings is 2. The van der Waals surface area contributed by atoms with Crippen molar-refractivity contribution < 1.29 is 9.53 Å². The number of hydrogen-bond donors (Lipinski definition) is 4. The number of guanidine groups is 1. The topological polar surface area (TPSA) is 90.5 Å². The Labute approximate surface area is 200 Å². The molecule has 0 bridgehead atoms. The molecule has 166 valence electrons. The first kappa shape index (κ1) is 24.5. The lowest BCUT2D eigenvalue weighted by Gasteiger charge is -2.11. The van der Waals surface area contributed by atoms with Crippen LogP contribution < -0.4 is 16.0 Å². The summed E-state index contributed by atoms with van der Waals surface area (Å²) in [6, 6.07) is 14.0. The summed E-state index contributed by atoms with van der Waals surface area (Å²) in [6.07, 6.45) is 2.51. The van der Waals surface area contributed by atoms with Crippen LogP contribution in [-0.4, -0.2) is 37.2 Å². The van der Waals surface area contributed by atoms with Crippen molar-refractivity contribution in [3.05, 3.63) is 65.4 Å². The summed E-state index contributed by atoms with van der Waals surface area (Å²) in [6.45, 7) is 6.27. The van der Waals surface area contributed by atoms with Crippen molar-refractivity contribution in [1.82, 2.24) is 15.6 Å². The summed E-state index contributed by atoms with van der Waals surface area (Å²) in [4.78, 5) is 19.3. The van der Waals surface area contributed by atoms with Gasteiger partial charge in [0.1, 0.15) is 0 Å². The van der Waals surface area contributed by atoms with E-state index < -0.39 is 6.09 Å². The third-order valence-corrected chi connectivity index (χ3v) is 4.76. The fraction of sp³-hybridized carbons (Fsp3) is 0.304. The molecule has 1 heterocycles. The molecule has 31 heavy (non-hydrogen) atoms. The van der Waals surface area contributed by atoms with Crippen molar-refractivity contribution in [2.45, 2.75) is 26.8 Å². The number of rotatable bonds is 7. The van der Waals surface area contributed by atoms with Gasteiger partial charge in [0.15, 0.2) is 5.96 Å². The fourth-order valence-corrected chi connectivity index (χ4v) is 3.20. The SMILES string of the molecule is CCNC(=NCc1ccc(NC(=O)OC)cc1)NCCc1c[nH]c2cc(C)ccc12.I. The molecule has 0 saturated heterocycles. The fourth-order valence-electron chi connectivity index (χ4n) is 3.20. The molecule has 0 spiro atoms. The molecule has 3 aromatic rings. The monoisotopic (exact) mass is 535 g/mol. The number of nitrogens with zero attached hydrogens (tertiary/aromatic N) is 1. The second-order valence-corrected chi connectivity index (χ2v) is 7.05. The first-order chi connectivity index (χ1) is 14.6. The number of methoxy groups -OCH3 is 1. The second-order valence-electron chi connectivity index (χ2n) is 7.05. The van der Waals surface area contributed by atoms with Gasteiger partial charge in [-0.2, -0.15) is 0 Å². The van der Waals surface area contributed by atoms with E-state index in [0.717, 1.165) is 31.0 Å². The molecule has 4 N–H and O–H groups in total. The highest BCUT2D eigenvalue weighted by atomic mass is 127. The minimum atomic E-state index is -0.482. The third-order valence-electron chi connectivity index (χ3n) is 4.76. The van der Waals surface area contributed by atoms with E-state index in [1.807, 2.05) is 31.2 Å². The van der Waals surface area contributed by atoms with Gasteiger partial charge in [-0.1, -0.05) is 24.3 Å². The van der Waals surface area contributed by atoms with Crippen LogP contribution in [0.25, 0.3) is 10.9 Å². The molecule has 0 saturated carbocycles. The minimum absolute atomic E-state index is 0. The van der Waals surface area contributed by atoms with E-state index in [0.29, 0.717) is 12.2 Å². The number of ether oxygens (including phenoxy) is 1. The van der Waals surface area contributed by atoms with E-state index >= 15 is 0 Å². The van der Waals surface area contributed by atoms with Crippen LogP contribution in [-0.2, 0) is 17.7 Å². The Balaban J connectivity index is 0.00000341. The lowest BCUT2D eigenvalue weighted by Crippen LogP contribution is -2.38. The maximum Gasteiger partial charge on any atom is 0.411 e. The number of H-pyrrole nitrogens is 1. The van der Waals surface area contributed by atoms with Crippen molar-refractivity contribution in [1.29, 1.82) is 0 Å². The number of carbonyl (C=O) groups excluding carboxylic acids is 1. The summed E-state index contributed by atoms with van der Waals surface area (Å²) in [5.41, 5.74) is 5.46. The van der Waals surface area contributed by atoms with Crippen molar-refractivity contribution in [3.8, 4) is 0 Å². The number of aliphatic imine (C=N–C) groups is 1. The molecule has 1 aromatic heterocycles. The summed E-state index contributed by atoms with van der Waals surface area (Å²) in [5.74, 6) is 0.782. The van der Waals surface area contributed by atoms with Crippen LogP contribution in [0.3, 0.4) is 0 Å². The van der Waals surface area contributed by atoms with Crippen LogP contribution in [0, 0.1) is 6.92 Å². The van der Waals surface area contributed by atoms with Crippen molar-refractivity contribution >= 4 is 52.6 Å². The van der Waals surface area contributed by atoms with Crippen LogP contribution in [0.4, 0.5) is 10.5 Å². The van der Waals surface area contributed by atoms with Gasteiger partial charge in [0.05, 0.1) is 13.7 Å². The van der Waals surface area contributed by atoms with Crippen molar-refractivity contribution in [3.63, 3.8) is 0 Å². The average molecular weight is 535 g/mol. The van der Waals surface area contributed by atoms with Gasteiger partial charge in [0.25, 0.3) is 0 Å². The van der Waals surface area contributed by atoms with Gasteiger partial charge >= 0.3 is 6.09 Å². The number of fused-ring (bicyclic) bond motifs is 1. The van der Waals surface area contributed by atoms with Crippen LogP contribution >= 0.6 is 24.0 Å². The lowest BCUT2D eigenvalue weighted by molar-refractivity contribution is 0.187. The molecular formula is C23H30IN5O2. The van der Waals surface area contributed by atoms with Crippen molar-refractivity contribution in [2.75, 3.05) is 25.5 Å². The third kappa shape index (κ3) is 7.16. The molecule has 0 aliphatic carbocycles. The smallest absolute Gasteiger partial charge is 0.411 e. The molecule has 1 amide bonds. The number of amides is 1. The number of aromatic amines is 1. The highest BCUT2D eigenvalue weighted by molar-refractivity contribution is 14.0. The number of aryl methyl sites for hydroxylation is 1. The first-order valence-electron chi connectivity index (χ1n) is 10.1. The van der Waals surface area contributed by atoms with Crippen LogP contribution in [0.5, 0.6) is 0 Å². The molecule has 0 aliphatic heterocycles. The molecule has 0 unspecified atom stereocenters. The van der Waals surface area contributed by atoms with E-state index in [1.165, 1.54) is 29.1 Å². The molecular weight excluding hydrogens is 505 g/mol. The summed E-state index contributed by atoms with van der Waals surface area (Å²) >= 11 is 0. The number of nitrogens with one attached hydrogen (secondary N) is 4. The van der Waals surface area contributed by atoms with Gasteiger partial charge in [-0.3, -0.25) is 5.32 Å². The Morgan fingerprint density at radius 1 is 1.13 bits per heavy atom. The molecule has 0 radical (unpaired) electrons. The highest BCUT2D eigenvalue weighted by Gasteiger charge is 2.05. The predicted molar refractivity (Wildman–Crippen MR) is 137 cm³/mol. The number of carbonyl (C=O) groups is 1. The second kappa shape index (κ2) is 12.2. The lowest BCUT2D eigenvalue weighted by atomic mass is 10.1. The number of hydrogen-bond acceptors (Lipinski definition) is 3. The average Bonchev–Trinajstić information content (AvgIpc) is 3.14. The van der Waals surface area contributed by atoms with Gasteiger partial charge in [-0.05, 0) is 55.2 Å². The van der Waals surface area contributed by atoms with E-state index in [-0.39, 0.29) is 24.0 Å². The number of halogens is 1. The van der Waals surface area contributed by atoms with Crippen LogP contribution in [0.15, 0.2) is 53.7 Å². The molecule has 2 aromatic carbocycles. The number of aromatic nitrogens is 1. The zero-order valence-corrected chi connectivity index (χ0v) is 20.4. The van der Waals surface area contributed by atoms with E-state index in [9.17, 15) is 4.79 Å². The molecule has 7 nitrogen and oxygen atoms in total. The highest BCUT2D eigenvalue weighted by Crippen LogP contribution is 2.19. The maximum absolute atomic E-state index is 11.3. The molecule has 0 fully saturated rings. The Morgan fingerprint density at radius 3 is 2.61 bits per heavy atom. The van der Waals surface area contributed by atoms with Crippen LogP contribution in [0.1, 0.15) is 23.6 Å². The van der Waals surface area contributed by atoms with Gasteiger partial charge in [-0.15, -0.1) is 24.0 Å². The normalized spacial score (nSPS) is 11.0. The quantitative estimate of drug-likeness (QED) is 0.203. The molecule has 8 heteroatoms. The molecule has 3 rings (SSSR count). The molecule has 0 atom stereocenters. The predicted octanol–water partition coefficient (Wildman–Crippen LogP) is 4.57. The minimum Gasteiger partial charge on any atom is -0.453 e. The van der Waals surface area contributed by atoms with Gasteiger partial charge < -0.3 is 20.4 Å². The maximum atomic E-state index is 11.3. The Bertz CT molecular complexity index is 1010. The standard InChI is InChI=1S/C23H29N5O2.HI/c1-4-24-22(27-14-17-6-8-19(9-7-17)28-23(29)30-3)25-12-11-18-15-26-21-13-16(2)5-10-20(18)21;/h5-10,13,15,26H,4,11-12,14H2,1-3H3,(H,28,29)(H2,24,25,27);1H. The first-order valence-corrected chi connectivity index (χ1v) is 10.1. The van der Waals surface area contributed by atoms with E-state index in [4.69, 9.17) is 0 Å². The van der Waals surface area contributed by atoms with Gasteiger partial charge in [-0.25, -0.2) is 9.79 Å². The van der Waals surface area contributed by atoms with Crippen LogP contribution in [0.2, 0.25) is 0 Å². The Morgan fingerprint density at radius 2 is 1.90 bits per heavy atom. The van der Waals surface area contributed by atoms with Gasteiger partial charge in [0, 0.05) is 35.9 Å². The summed E-state index contributed by atoms with van der Waals surface area (Å²) < 4.78 is 4.59. The van der Waals surface area contributed by atoms with Gasteiger partial charge in [0.2, 0.25) is 0 Å². The summed E-state index contributed by atoms with van der Waals surface area (Å²) in [7, 11) is 1.34. The van der Waals surface area contributed by atoms with E-state index in [1.54, 1.807) is 0 Å². The Kier molecular flexibility index (Phi) is 9.64. The van der Waals surface area contributed by atoms with Crippen molar-refractivity contribution in [2.24, 2.45) is 4.99 Å². The Hall–Kier alpha value is -2.75. The largest absolute Gasteiger partial charge is 0.453 e. The molecule has 0 aliphatic rings. The number of anilines is 1. The summed E-state index contributed by atoms with van der Waals surface area (Å²) in [5, 5.41) is 10.6. The zero-order valence-electron chi connectivity index (χ0n) is 18.1.